The lowest BCUT2D eigenvalue weighted by Crippen LogP contribution is -2.32. The number of furan rings is 1. The Kier molecular flexibility index (Phi) is 5.22. The number of anilines is 1. The van der Waals surface area contributed by atoms with Crippen LogP contribution in [0.15, 0.2) is 47.1 Å². The summed E-state index contributed by atoms with van der Waals surface area (Å²) in [6, 6.07) is 10.3. The second-order valence-corrected chi connectivity index (χ2v) is 4.30. The van der Waals surface area contributed by atoms with Gasteiger partial charge in [-0.25, -0.2) is 4.79 Å². The van der Waals surface area contributed by atoms with Crippen LogP contribution < -0.4 is 15.4 Å². The van der Waals surface area contributed by atoms with Gasteiger partial charge in [-0.05, 0) is 36.4 Å². The summed E-state index contributed by atoms with van der Waals surface area (Å²) in [5.74, 6) is 1.40. The van der Waals surface area contributed by atoms with Crippen molar-refractivity contribution >= 4 is 11.7 Å². The largest absolute Gasteiger partial charge is 0.497 e. The monoisotopic (exact) mass is 290 g/mol. The quantitative estimate of drug-likeness (QED) is 0.858. The number of methoxy groups -OCH3 is 2. The topological polar surface area (TPSA) is 72.7 Å². The molecule has 21 heavy (non-hydrogen) atoms. The van der Waals surface area contributed by atoms with Gasteiger partial charge in [0.1, 0.15) is 17.6 Å². The maximum absolute atomic E-state index is 11.8. The van der Waals surface area contributed by atoms with Gasteiger partial charge in [-0.15, -0.1) is 0 Å². The number of urea groups is 1. The standard InChI is InChI=1S/C15H18N2O4/c1-19-12-7-5-11(6-8-12)17-15(18)16-10-14(20-2)13-4-3-9-21-13/h3-9,14H,10H2,1-2H3,(H2,16,17,18). The Balaban J connectivity index is 1.83. The molecule has 1 unspecified atom stereocenters. The van der Waals surface area contributed by atoms with E-state index in [1.54, 1.807) is 56.9 Å². The average molecular weight is 290 g/mol. The van der Waals surface area contributed by atoms with E-state index in [2.05, 4.69) is 10.6 Å². The van der Waals surface area contributed by atoms with Crippen molar-refractivity contribution in [3.8, 4) is 5.75 Å². The van der Waals surface area contributed by atoms with Crippen LogP contribution in [0.4, 0.5) is 10.5 Å². The van der Waals surface area contributed by atoms with Gasteiger partial charge in [-0.3, -0.25) is 0 Å². The van der Waals surface area contributed by atoms with Crippen molar-refractivity contribution < 1.29 is 18.7 Å². The predicted octanol–water partition coefficient (Wildman–Crippen LogP) is 2.80. The Morgan fingerprint density at radius 3 is 2.57 bits per heavy atom. The number of hydrogen-bond donors (Lipinski definition) is 2. The van der Waals surface area contributed by atoms with Crippen LogP contribution >= 0.6 is 0 Å². The first-order valence-corrected chi connectivity index (χ1v) is 6.48. The molecule has 1 heterocycles. The smallest absolute Gasteiger partial charge is 0.319 e. The van der Waals surface area contributed by atoms with E-state index in [1.165, 1.54) is 0 Å². The summed E-state index contributed by atoms with van der Waals surface area (Å²) < 4.78 is 15.6. The molecule has 6 heteroatoms. The van der Waals surface area contributed by atoms with Crippen LogP contribution in [0, 0.1) is 0 Å². The lowest BCUT2D eigenvalue weighted by molar-refractivity contribution is 0.0855. The molecule has 112 valence electrons. The summed E-state index contributed by atoms with van der Waals surface area (Å²) in [5, 5.41) is 5.46. The van der Waals surface area contributed by atoms with Crippen LogP contribution in [-0.2, 0) is 4.74 Å². The van der Waals surface area contributed by atoms with Crippen molar-refractivity contribution in [1.29, 1.82) is 0 Å². The summed E-state index contributed by atoms with van der Waals surface area (Å²) in [6.07, 6.45) is 1.25. The van der Waals surface area contributed by atoms with Crippen LogP contribution in [0.2, 0.25) is 0 Å². The minimum absolute atomic E-state index is 0.311. The minimum Gasteiger partial charge on any atom is -0.497 e. The van der Waals surface area contributed by atoms with Gasteiger partial charge in [0, 0.05) is 12.8 Å². The number of carbonyl (C=O) groups excluding carboxylic acids is 1. The van der Waals surface area contributed by atoms with E-state index < -0.39 is 0 Å². The van der Waals surface area contributed by atoms with Gasteiger partial charge in [0.15, 0.2) is 0 Å². The number of carbonyl (C=O) groups is 1. The van der Waals surface area contributed by atoms with Crippen LogP contribution in [0.3, 0.4) is 0 Å². The molecule has 0 aliphatic heterocycles. The normalized spacial score (nSPS) is 11.7. The number of amides is 2. The lowest BCUT2D eigenvalue weighted by atomic mass is 10.2. The molecule has 2 rings (SSSR count). The highest BCUT2D eigenvalue weighted by Crippen LogP contribution is 2.16. The van der Waals surface area contributed by atoms with Crippen molar-refractivity contribution in [2.45, 2.75) is 6.10 Å². The Morgan fingerprint density at radius 2 is 2.00 bits per heavy atom. The molecule has 0 spiro atoms. The Hall–Kier alpha value is -2.47. The zero-order valence-corrected chi connectivity index (χ0v) is 12.0. The van der Waals surface area contributed by atoms with Crippen LogP contribution in [0.5, 0.6) is 5.75 Å². The Morgan fingerprint density at radius 1 is 1.24 bits per heavy atom. The fraction of sp³-hybridized carbons (Fsp3) is 0.267. The highest BCUT2D eigenvalue weighted by atomic mass is 16.5. The van der Waals surface area contributed by atoms with Gasteiger partial charge in [-0.2, -0.15) is 0 Å². The van der Waals surface area contributed by atoms with E-state index in [4.69, 9.17) is 13.9 Å². The Labute approximate surface area is 123 Å². The number of hydrogen-bond acceptors (Lipinski definition) is 4. The molecule has 0 aliphatic rings. The summed E-state index contributed by atoms with van der Waals surface area (Å²) in [7, 11) is 3.16. The molecule has 2 amide bonds. The van der Waals surface area contributed by atoms with Crippen LogP contribution in [-0.4, -0.2) is 26.8 Å². The SMILES string of the molecule is COc1ccc(NC(=O)NCC(OC)c2ccco2)cc1. The number of benzene rings is 1. The van der Waals surface area contributed by atoms with Crippen molar-refractivity contribution in [3.63, 3.8) is 0 Å². The van der Waals surface area contributed by atoms with E-state index in [0.717, 1.165) is 5.75 Å². The van der Waals surface area contributed by atoms with Crippen LogP contribution in [0.25, 0.3) is 0 Å². The second kappa shape index (κ2) is 7.35. The molecule has 0 bridgehead atoms. The van der Waals surface area contributed by atoms with Crippen molar-refractivity contribution in [1.82, 2.24) is 5.32 Å². The third-order valence-electron chi connectivity index (χ3n) is 2.94. The highest BCUT2D eigenvalue weighted by molar-refractivity contribution is 5.89. The number of ether oxygens (including phenoxy) is 2. The highest BCUT2D eigenvalue weighted by Gasteiger charge is 2.14. The zero-order valence-electron chi connectivity index (χ0n) is 12.0. The van der Waals surface area contributed by atoms with E-state index >= 15 is 0 Å². The predicted molar refractivity (Wildman–Crippen MR) is 78.5 cm³/mol. The average Bonchev–Trinajstić information content (AvgIpc) is 3.03. The van der Waals surface area contributed by atoms with Crippen molar-refractivity contribution in [2.75, 3.05) is 26.1 Å². The van der Waals surface area contributed by atoms with E-state index in [0.29, 0.717) is 18.0 Å². The first kappa shape index (κ1) is 14.9. The molecule has 0 fully saturated rings. The minimum atomic E-state index is -0.318. The lowest BCUT2D eigenvalue weighted by Gasteiger charge is -2.14. The van der Waals surface area contributed by atoms with E-state index in [-0.39, 0.29) is 12.1 Å². The van der Waals surface area contributed by atoms with Gasteiger partial charge < -0.3 is 24.5 Å². The number of rotatable bonds is 6. The van der Waals surface area contributed by atoms with Crippen molar-refractivity contribution in [3.05, 3.63) is 48.4 Å². The molecular weight excluding hydrogens is 272 g/mol. The summed E-state index contributed by atoms with van der Waals surface area (Å²) in [6.45, 7) is 0.312. The van der Waals surface area contributed by atoms with Gasteiger partial charge >= 0.3 is 6.03 Å². The summed E-state index contributed by atoms with van der Waals surface area (Å²) in [4.78, 5) is 11.8. The second-order valence-electron chi connectivity index (χ2n) is 4.30. The molecule has 0 saturated carbocycles. The first-order valence-electron chi connectivity index (χ1n) is 6.48. The molecule has 1 aromatic heterocycles. The fourth-order valence-electron chi connectivity index (χ4n) is 1.81. The molecule has 1 atom stereocenters. The summed E-state index contributed by atoms with van der Waals surface area (Å²) >= 11 is 0. The van der Waals surface area contributed by atoms with Crippen LogP contribution in [0.1, 0.15) is 11.9 Å². The maximum atomic E-state index is 11.8. The number of nitrogens with one attached hydrogen (secondary N) is 2. The molecular formula is C15H18N2O4. The van der Waals surface area contributed by atoms with Gasteiger partial charge in [0.25, 0.3) is 0 Å². The van der Waals surface area contributed by atoms with Gasteiger partial charge in [-0.1, -0.05) is 0 Å². The third kappa shape index (κ3) is 4.25. The molecule has 2 N–H and O–H groups in total. The fourth-order valence-corrected chi connectivity index (χ4v) is 1.81. The molecule has 1 aromatic carbocycles. The zero-order chi connectivity index (χ0) is 15.1. The van der Waals surface area contributed by atoms with E-state index in [9.17, 15) is 4.79 Å². The Bertz CT molecular complexity index is 552. The molecule has 2 aromatic rings. The van der Waals surface area contributed by atoms with Gasteiger partial charge in [0.2, 0.25) is 0 Å². The molecule has 0 saturated heterocycles. The van der Waals surface area contributed by atoms with E-state index in [1.807, 2.05) is 0 Å². The van der Waals surface area contributed by atoms with Crippen molar-refractivity contribution in [2.24, 2.45) is 0 Å². The molecule has 6 nitrogen and oxygen atoms in total. The maximum Gasteiger partial charge on any atom is 0.319 e. The molecule has 0 aliphatic carbocycles. The first-order chi connectivity index (χ1) is 10.2. The molecule has 0 radical (unpaired) electrons. The third-order valence-corrected chi connectivity index (χ3v) is 2.94. The summed E-state index contributed by atoms with van der Waals surface area (Å²) in [5.41, 5.74) is 0.681. The van der Waals surface area contributed by atoms with Gasteiger partial charge in [0.05, 0.1) is 19.9 Å².